The number of carbonyl (C=O) groups excluding carboxylic acids is 2. The van der Waals surface area contributed by atoms with E-state index in [1.54, 1.807) is 62.1 Å². The first-order valence-electron chi connectivity index (χ1n) is 14.9. The van der Waals surface area contributed by atoms with E-state index in [2.05, 4.69) is 25.7 Å². The van der Waals surface area contributed by atoms with Crippen LogP contribution in [0.4, 0.5) is 25.4 Å². The number of hydrogen-bond acceptors (Lipinski definition) is 8. The van der Waals surface area contributed by atoms with Crippen molar-refractivity contribution in [3.8, 4) is 22.8 Å². The van der Waals surface area contributed by atoms with E-state index in [0.717, 1.165) is 5.69 Å². The second-order valence-electron chi connectivity index (χ2n) is 11.9. The van der Waals surface area contributed by atoms with Crippen molar-refractivity contribution in [2.75, 3.05) is 36.4 Å². The molecule has 1 aliphatic heterocycles. The van der Waals surface area contributed by atoms with E-state index >= 15 is 4.39 Å². The lowest BCUT2D eigenvalue weighted by atomic mass is 10.0. The fourth-order valence-corrected chi connectivity index (χ4v) is 5.14. The standard InChI is InChI=1S/C33H34ClFN6O6/c1-33(2,3)46-32(45)36-23-10-8-21(9-11-23)29-38-28(39-47-29)25-12-7-20(17-26(25)35)18-27(30(42)43)37-31(44)41-15-13-40(14-16-41)24-6-4-5-22(34)19-24/h4-12,17,19,27H,13-16,18H2,1-3H3,(H,36,45)(H,37,44)(H,42,43). The van der Waals surface area contributed by atoms with Crippen LogP contribution < -0.4 is 15.5 Å². The number of nitrogens with zero attached hydrogens (tertiary/aromatic N) is 4. The Hall–Kier alpha value is -5.17. The minimum Gasteiger partial charge on any atom is -0.480 e. The Morgan fingerprint density at radius 3 is 2.40 bits per heavy atom. The van der Waals surface area contributed by atoms with E-state index in [1.807, 2.05) is 18.2 Å². The Kier molecular flexibility index (Phi) is 9.95. The quantitative estimate of drug-likeness (QED) is 0.204. The van der Waals surface area contributed by atoms with Crippen molar-refractivity contribution < 1.29 is 33.1 Å². The maximum Gasteiger partial charge on any atom is 0.412 e. The molecule has 3 amide bonds. The van der Waals surface area contributed by atoms with E-state index in [4.69, 9.17) is 20.9 Å². The molecular formula is C33H34ClFN6O6. The molecule has 1 aliphatic rings. The molecule has 1 unspecified atom stereocenters. The number of aliphatic carboxylic acids is 1. The summed E-state index contributed by atoms with van der Waals surface area (Å²) in [6, 6.07) is 16.4. The molecule has 0 radical (unpaired) electrons. The third-order valence-corrected chi connectivity index (χ3v) is 7.49. The molecule has 1 saturated heterocycles. The fraction of sp³-hybridized carbons (Fsp3) is 0.303. The van der Waals surface area contributed by atoms with Crippen molar-refractivity contribution in [1.29, 1.82) is 0 Å². The number of ether oxygens (including phenoxy) is 1. The average Bonchev–Trinajstić information content (AvgIpc) is 3.50. The van der Waals surface area contributed by atoms with Gasteiger partial charge in [0.15, 0.2) is 0 Å². The summed E-state index contributed by atoms with van der Waals surface area (Å²) in [7, 11) is 0. The number of hydrogen-bond donors (Lipinski definition) is 3. The number of amides is 3. The van der Waals surface area contributed by atoms with Crippen LogP contribution in [-0.4, -0.2) is 76.1 Å². The minimum atomic E-state index is -1.27. The third-order valence-electron chi connectivity index (χ3n) is 7.25. The fourth-order valence-electron chi connectivity index (χ4n) is 4.95. The number of rotatable bonds is 8. The van der Waals surface area contributed by atoms with Crippen LogP contribution >= 0.6 is 11.6 Å². The molecule has 0 bridgehead atoms. The predicted molar refractivity (Wildman–Crippen MR) is 174 cm³/mol. The first-order chi connectivity index (χ1) is 22.3. The van der Waals surface area contributed by atoms with Gasteiger partial charge in [-0.3, -0.25) is 5.32 Å². The van der Waals surface area contributed by atoms with Crippen molar-refractivity contribution >= 4 is 41.1 Å². The molecule has 12 nitrogen and oxygen atoms in total. The number of piperazine rings is 1. The number of benzene rings is 3. The van der Waals surface area contributed by atoms with Crippen LogP contribution in [0.2, 0.25) is 5.02 Å². The number of carboxylic acid groups (broad SMARTS) is 1. The Bertz CT molecular complexity index is 1750. The second kappa shape index (κ2) is 14.1. The molecular weight excluding hydrogens is 631 g/mol. The molecule has 246 valence electrons. The van der Waals surface area contributed by atoms with Crippen LogP contribution in [0.5, 0.6) is 0 Å². The molecule has 0 spiro atoms. The van der Waals surface area contributed by atoms with Crippen LogP contribution in [-0.2, 0) is 16.0 Å². The van der Waals surface area contributed by atoms with E-state index in [0.29, 0.717) is 48.0 Å². The Morgan fingerprint density at radius 1 is 1.04 bits per heavy atom. The molecule has 14 heteroatoms. The van der Waals surface area contributed by atoms with Crippen LogP contribution in [0.25, 0.3) is 22.8 Å². The van der Waals surface area contributed by atoms with Gasteiger partial charge >= 0.3 is 18.1 Å². The van der Waals surface area contributed by atoms with Gasteiger partial charge < -0.3 is 29.5 Å². The summed E-state index contributed by atoms with van der Waals surface area (Å²) in [4.78, 5) is 44.9. The molecule has 1 fully saturated rings. The highest BCUT2D eigenvalue weighted by Crippen LogP contribution is 2.27. The lowest BCUT2D eigenvalue weighted by Crippen LogP contribution is -2.55. The topological polar surface area (TPSA) is 150 Å². The Morgan fingerprint density at radius 2 is 1.77 bits per heavy atom. The zero-order chi connectivity index (χ0) is 33.7. The number of anilines is 2. The third kappa shape index (κ3) is 8.76. The summed E-state index contributed by atoms with van der Waals surface area (Å²) in [5, 5.41) is 19.5. The summed E-state index contributed by atoms with van der Waals surface area (Å²) < 4.78 is 25.8. The zero-order valence-electron chi connectivity index (χ0n) is 26.0. The lowest BCUT2D eigenvalue weighted by Gasteiger charge is -2.36. The highest BCUT2D eigenvalue weighted by atomic mass is 35.5. The van der Waals surface area contributed by atoms with Crippen LogP contribution in [0, 0.1) is 5.82 Å². The minimum absolute atomic E-state index is 0.00000946. The van der Waals surface area contributed by atoms with Gasteiger partial charge in [-0.25, -0.2) is 18.8 Å². The van der Waals surface area contributed by atoms with E-state index in [9.17, 15) is 19.5 Å². The number of halogens is 2. The number of nitrogens with one attached hydrogen (secondary N) is 2. The molecule has 1 atom stereocenters. The largest absolute Gasteiger partial charge is 0.480 e. The molecule has 4 aromatic rings. The van der Waals surface area contributed by atoms with E-state index in [1.165, 1.54) is 12.1 Å². The average molecular weight is 665 g/mol. The van der Waals surface area contributed by atoms with Gasteiger partial charge in [0.25, 0.3) is 5.89 Å². The van der Waals surface area contributed by atoms with Gasteiger partial charge in [-0.05, 0) is 80.9 Å². The molecule has 0 saturated carbocycles. The number of carbonyl (C=O) groups is 3. The molecule has 5 rings (SSSR count). The Labute approximate surface area is 275 Å². The molecule has 0 aliphatic carbocycles. The van der Waals surface area contributed by atoms with Crippen molar-refractivity contribution in [3.05, 3.63) is 83.1 Å². The van der Waals surface area contributed by atoms with E-state index in [-0.39, 0.29) is 23.7 Å². The van der Waals surface area contributed by atoms with Crippen LogP contribution in [0.1, 0.15) is 26.3 Å². The lowest BCUT2D eigenvalue weighted by molar-refractivity contribution is -0.139. The SMILES string of the molecule is CC(C)(C)OC(=O)Nc1ccc(-c2nc(-c3ccc(CC(NC(=O)N4CCN(c5cccc(Cl)c5)CC4)C(=O)O)cc3F)no2)cc1. The van der Waals surface area contributed by atoms with Crippen molar-refractivity contribution in [2.24, 2.45) is 0 Å². The highest BCUT2D eigenvalue weighted by Gasteiger charge is 2.27. The maximum atomic E-state index is 15.2. The number of aromatic nitrogens is 2. The van der Waals surface area contributed by atoms with Gasteiger partial charge in [0, 0.05) is 54.6 Å². The zero-order valence-corrected chi connectivity index (χ0v) is 26.8. The normalized spacial score (nSPS) is 14.0. The van der Waals surface area contributed by atoms with E-state index < -0.39 is 35.6 Å². The maximum absolute atomic E-state index is 15.2. The molecule has 3 N–H and O–H groups in total. The molecule has 1 aromatic heterocycles. The number of urea groups is 1. The van der Waals surface area contributed by atoms with Gasteiger partial charge in [0.2, 0.25) is 5.82 Å². The first kappa shape index (κ1) is 33.2. The first-order valence-corrected chi connectivity index (χ1v) is 15.2. The summed E-state index contributed by atoms with van der Waals surface area (Å²) in [6.07, 6.45) is -0.729. The second-order valence-corrected chi connectivity index (χ2v) is 12.4. The molecule has 2 heterocycles. The molecule has 3 aromatic carbocycles. The summed E-state index contributed by atoms with van der Waals surface area (Å²) in [6.45, 7) is 7.21. The predicted octanol–water partition coefficient (Wildman–Crippen LogP) is 6.07. The monoisotopic (exact) mass is 664 g/mol. The smallest absolute Gasteiger partial charge is 0.412 e. The van der Waals surface area contributed by atoms with Crippen molar-refractivity contribution in [3.63, 3.8) is 0 Å². The summed E-state index contributed by atoms with van der Waals surface area (Å²) in [5.74, 6) is -1.79. The van der Waals surface area contributed by atoms with Gasteiger partial charge in [-0.2, -0.15) is 4.98 Å². The summed E-state index contributed by atoms with van der Waals surface area (Å²) in [5.41, 5.74) is 1.77. The Balaban J connectivity index is 1.18. The summed E-state index contributed by atoms with van der Waals surface area (Å²) >= 11 is 6.10. The van der Waals surface area contributed by atoms with Crippen LogP contribution in [0.3, 0.4) is 0 Å². The van der Waals surface area contributed by atoms with Crippen molar-refractivity contribution in [1.82, 2.24) is 20.4 Å². The highest BCUT2D eigenvalue weighted by molar-refractivity contribution is 6.30. The van der Waals surface area contributed by atoms with Gasteiger partial charge in [-0.1, -0.05) is 28.9 Å². The van der Waals surface area contributed by atoms with Gasteiger partial charge in [0.1, 0.15) is 17.5 Å². The van der Waals surface area contributed by atoms with Crippen molar-refractivity contribution in [2.45, 2.75) is 38.8 Å². The van der Waals surface area contributed by atoms with Gasteiger partial charge in [0.05, 0.1) is 5.56 Å². The van der Waals surface area contributed by atoms with Crippen LogP contribution in [0.15, 0.2) is 71.3 Å². The number of carboxylic acids is 1. The van der Waals surface area contributed by atoms with Gasteiger partial charge in [-0.15, -0.1) is 0 Å². The molecule has 47 heavy (non-hydrogen) atoms.